The number of hydrogen-bond acceptors (Lipinski definition) is 4. The number of rotatable bonds is 7. The van der Waals surface area contributed by atoms with Crippen molar-refractivity contribution in [1.82, 2.24) is 5.48 Å². The lowest BCUT2D eigenvalue weighted by Gasteiger charge is -2.17. The van der Waals surface area contributed by atoms with Gasteiger partial charge in [0.05, 0.1) is 23.0 Å². The third kappa shape index (κ3) is 5.32. The molecule has 0 spiro atoms. The number of hydroxylamine groups is 1. The number of carbonyl (C=O) groups excluding carboxylic acids is 1. The van der Waals surface area contributed by atoms with Crippen LogP contribution in [0, 0.1) is 32.8 Å². The standard InChI is InChI=1S/C18H17F4IN2O3/c1-8(2)14(26)7-28-25-18(27)10-6-12(20)15(21)16(22)17(10)24-13-4-3-9(23)5-11(13)19/h3-6,8,14,24,26H,7H2,1-2H3,(H,25,27). The number of amides is 1. The highest BCUT2D eigenvalue weighted by Gasteiger charge is 2.24. The lowest BCUT2D eigenvalue weighted by molar-refractivity contribution is -0.0268. The Kier molecular flexibility index (Phi) is 7.61. The predicted molar refractivity (Wildman–Crippen MR) is 103 cm³/mol. The lowest BCUT2D eigenvalue weighted by Crippen LogP contribution is -2.31. The molecule has 10 heteroatoms. The van der Waals surface area contributed by atoms with Crippen LogP contribution >= 0.6 is 22.6 Å². The molecule has 5 nitrogen and oxygen atoms in total. The van der Waals surface area contributed by atoms with Crippen LogP contribution in [0.5, 0.6) is 0 Å². The van der Waals surface area contributed by atoms with Crippen LogP contribution in [-0.2, 0) is 4.84 Å². The average Bonchev–Trinajstić information content (AvgIpc) is 2.63. The second-order valence-electron chi connectivity index (χ2n) is 6.21. The summed E-state index contributed by atoms with van der Waals surface area (Å²) < 4.78 is 56.2. The fraction of sp³-hybridized carbons (Fsp3) is 0.278. The van der Waals surface area contributed by atoms with Crippen molar-refractivity contribution >= 4 is 39.9 Å². The molecule has 3 N–H and O–H groups in total. The maximum absolute atomic E-state index is 14.3. The second kappa shape index (κ2) is 9.52. The maximum atomic E-state index is 14.3. The van der Waals surface area contributed by atoms with E-state index in [9.17, 15) is 27.5 Å². The van der Waals surface area contributed by atoms with E-state index in [1.165, 1.54) is 12.1 Å². The first kappa shape index (κ1) is 22.4. The number of halogens is 5. The van der Waals surface area contributed by atoms with E-state index in [0.29, 0.717) is 9.64 Å². The first-order chi connectivity index (χ1) is 13.1. The molecule has 28 heavy (non-hydrogen) atoms. The number of benzene rings is 2. The fourth-order valence-corrected chi connectivity index (χ4v) is 2.52. The smallest absolute Gasteiger partial charge is 0.277 e. The van der Waals surface area contributed by atoms with Crippen LogP contribution in [0.3, 0.4) is 0 Å². The Morgan fingerprint density at radius 2 is 1.82 bits per heavy atom. The van der Waals surface area contributed by atoms with E-state index in [2.05, 4.69) is 5.32 Å². The Morgan fingerprint density at radius 3 is 2.43 bits per heavy atom. The third-order valence-corrected chi connectivity index (χ3v) is 4.46. The van der Waals surface area contributed by atoms with Crippen LogP contribution in [0.25, 0.3) is 0 Å². The monoisotopic (exact) mass is 512 g/mol. The summed E-state index contributed by atoms with van der Waals surface area (Å²) in [6, 6.07) is 4.36. The zero-order valence-corrected chi connectivity index (χ0v) is 17.0. The average molecular weight is 512 g/mol. The molecule has 0 aliphatic rings. The van der Waals surface area contributed by atoms with Gasteiger partial charge in [0.1, 0.15) is 12.4 Å². The summed E-state index contributed by atoms with van der Waals surface area (Å²) in [4.78, 5) is 17.1. The van der Waals surface area contributed by atoms with Crippen LogP contribution in [0.4, 0.5) is 28.9 Å². The van der Waals surface area contributed by atoms with E-state index in [-0.39, 0.29) is 18.2 Å². The molecule has 0 aliphatic heterocycles. The van der Waals surface area contributed by atoms with E-state index in [4.69, 9.17) is 4.84 Å². The predicted octanol–water partition coefficient (Wildman–Crippen LogP) is 4.27. The second-order valence-corrected chi connectivity index (χ2v) is 7.46. The molecule has 2 rings (SSSR count). The lowest BCUT2D eigenvalue weighted by atomic mass is 10.1. The van der Waals surface area contributed by atoms with E-state index >= 15 is 0 Å². The topological polar surface area (TPSA) is 70.6 Å². The molecule has 0 radical (unpaired) electrons. The van der Waals surface area contributed by atoms with Crippen molar-refractivity contribution in [3.63, 3.8) is 0 Å². The van der Waals surface area contributed by atoms with Crippen molar-refractivity contribution in [3.05, 3.63) is 56.7 Å². The number of aliphatic hydroxyl groups excluding tert-OH is 1. The molecule has 0 aliphatic carbocycles. The SMILES string of the molecule is CC(C)C(O)CONC(=O)c1cc(F)c(F)c(F)c1Nc1ccc(I)cc1F. The molecule has 0 saturated carbocycles. The molecule has 1 amide bonds. The normalized spacial score (nSPS) is 12.2. The summed E-state index contributed by atoms with van der Waals surface area (Å²) in [5.41, 5.74) is 0.274. The summed E-state index contributed by atoms with van der Waals surface area (Å²) in [6.07, 6.45) is -0.888. The minimum Gasteiger partial charge on any atom is -0.390 e. The van der Waals surface area contributed by atoms with E-state index in [1.807, 2.05) is 28.1 Å². The van der Waals surface area contributed by atoms with Gasteiger partial charge >= 0.3 is 0 Å². The summed E-state index contributed by atoms with van der Waals surface area (Å²) >= 11 is 1.86. The minimum absolute atomic E-state index is 0.154. The van der Waals surface area contributed by atoms with Crippen molar-refractivity contribution in [3.8, 4) is 0 Å². The largest absolute Gasteiger partial charge is 0.390 e. The first-order valence-corrected chi connectivity index (χ1v) is 9.19. The number of aliphatic hydroxyl groups is 1. The van der Waals surface area contributed by atoms with Crippen molar-refractivity contribution in [1.29, 1.82) is 0 Å². The van der Waals surface area contributed by atoms with Crippen molar-refractivity contribution in [2.24, 2.45) is 5.92 Å². The van der Waals surface area contributed by atoms with Gasteiger partial charge in [-0.15, -0.1) is 0 Å². The highest BCUT2D eigenvalue weighted by molar-refractivity contribution is 14.1. The van der Waals surface area contributed by atoms with E-state index < -0.39 is 46.5 Å². The van der Waals surface area contributed by atoms with Crippen molar-refractivity contribution in [2.45, 2.75) is 20.0 Å². The molecule has 2 aromatic carbocycles. The molecular formula is C18H17F4IN2O3. The van der Waals surface area contributed by atoms with Gasteiger partial charge in [0, 0.05) is 3.57 Å². The van der Waals surface area contributed by atoms with Gasteiger partial charge in [0.15, 0.2) is 17.5 Å². The highest BCUT2D eigenvalue weighted by Crippen LogP contribution is 2.30. The van der Waals surface area contributed by atoms with Gasteiger partial charge in [-0.3, -0.25) is 9.63 Å². The molecule has 0 heterocycles. The van der Waals surface area contributed by atoms with Gasteiger partial charge in [-0.25, -0.2) is 23.0 Å². The quantitative estimate of drug-likeness (QED) is 0.225. The van der Waals surface area contributed by atoms with Gasteiger partial charge < -0.3 is 10.4 Å². The zero-order chi connectivity index (χ0) is 21.0. The highest BCUT2D eigenvalue weighted by atomic mass is 127. The Labute approximate surface area is 172 Å². The minimum atomic E-state index is -1.82. The van der Waals surface area contributed by atoms with Gasteiger partial charge in [0.25, 0.3) is 5.91 Å². The molecule has 1 unspecified atom stereocenters. The molecule has 2 aromatic rings. The van der Waals surface area contributed by atoms with Gasteiger partial charge in [-0.05, 0) is 52.8 Å². The Balaban J connectivity index is 2.31. The van der Waals surface area contributed by atoms with Crippen LogP contribution in [-0.4, -0.2) is 23.7 Å². The number of hydrogen-bond donors (Lipinski definition) is 3. The molecule has 0 bridgehead atoms. The summed E-state index contributed by atoms with van der Waals surface area (Å²) in [5, 5.41) is 11.9. The van der Waals surface area contributed by atoms with Gasteiger partial charge in [-0.1, -0.05) is 13.8 Å². The number of anilines is 2. The summed E-state index contributed by atoms with van der Waals surface area (Å²) in [6.45, 7) is 3.17. The molecular weight excluding hydrogens is 495 g/mol. The van der Waals surface area contributed by atoms with Gasteiger partial charge in [0.2, 0.25) is 0 Å². The van der Waals surface area contributed by atoms with Crippen molar-refractivity contribution in [2.75, 3.05) is 11.9 Å². The zero-order valence-electron chi connectivity index (χ0n) is 14.8. The van der Waals surface area contributed by atoms with E-state index in [1.54, 1.807) is 13.8 Å². The van der Waals surface area contributed by atoms with Crippen LogP contribution in [0.15, 0.2) is 24.3 Å². The maximum Gasteiger partial charge on any atom is 0.277 e. The fourth-order valence-electron chi connectivity index (χ4n) is 2.06. The number of nitrogens with one attached hydrogen (secondary N) is 2. The Morgan fingerprint density at radius 1 is 1.14 bits per heavy atom. The Bertz CT molecular complexity index is 880. The van der Waals surface area contributed by atoms with Crippen LogP contribution < -0.4 is 10.8 Å². The van der Waals surface area contributed by atoms with Gasteiger partial charge in [-0.2, -0.15) is 0 Å². The van der Waals surface area contributed by atoms with Crippen molar-refractivity contribution < 1.29 is 32.3 Å². The molecule has 0 aromatic heterocycles. The summed E-state index contributed by atoms with van der Waals surface area (Å²) in [7, 11) is 0. The first-order valence-electron chi connectivity index (χ1n) is 8.11. The summed E-state index contributed by atoms with van der Waals surface area (Å²) in [5.74, 6) is -7.15. The third-order valence-electron chi connectivity index (χ3n) is 3.79. The van der Waals surface area contributed by atoms with E-state index in [0.717, 1.165) is 6.07 Å². The Hall–Kier alpha value is -1.92. The molecule has 152 valence electrons. The van der Waals surface area contributed by atoms with Crippen LogP contribution in [0.2, 0.25) is 0 Å². The molecule has 1 atom stereocenters. The number of carbonyl (C=O) groups is 1. The molecule has 0 fully saturated rings. The van der Waals surface area contributed by atoms with Crippen LogP contribution in [0.1, 0.15) is 24.2 Å². The molecule has 0 saturated heterocycles.